The minimum atomic E-state index is -0.445. The number of ether oxygens (including phenoxy) is 1. The van der Waals surface area contributed by atoms with Crippen LogP contribution in [0.5, 0.6) is 5.75 Å². The van der Waals surface area contributed by atoms with Crippen LogP contribution in [0.4, 0.5) is 11.4 Å². The van der Waals surface area contributed by atoms with Crippen molar-refractivity contribution in [1.29, 1.82) is 0 Å². The van der Waals surface area contributed by atoms with Crippen molar-refractivity contribution in [3.8, 4) is 5.75 Å². The van der Waals surface area contributed by atoms with Crippen molar-refractivity contribution in [2.24, 2.45) is 5.92 Å². The van der Waals surface area contributed by atoms with Crippen molar-refractivity contribution < 1.29 is 14.3 Å². The van der Waals surface area contributed by atoms with Crippen molar-refractivity contribution >= 4 is 34.2 Å². The molecule has 1 aromatic carbocycles. The van der Waals surface area contributed by atoms with Crippen molar-refractivity contribution in [2.45, 2.75) is 20.3 Å². The molecule has 8 nitrogen and oxygen atoms in total. The topological polar surface area (TPSA) is 100 Å². The van der Waals surface area contributed by atoms with Gasteiger partial charge < -0.3 is 15.0 Å². The van der Waals surface area contributed by atoms with E-state index in [1.54, 1.807) is 18.2 Å². The number of anilines is 2. The molecular weight excluding hydrogens is 358 g/mol. The van der Waals surface area contributed by atoms with Crippen LogP contribution in [0, 0.1) is 19.8 Å². The molecule has 1 unspecified atom stereocenters. The lowest BCUT2D eigenvalue weighted by Gasteiger charge is -2.20. The summed E-state index contributed by atoms with van der Waals surface area (Å²) in [4.78, 5) is 31.2. The highest BCUT2D eigenvalue weighted by atomic mass is 16.5. The van der Waals surface area contributed by atoms with Crippen LogP contribution in [-0.2, 0) is 9.59 Å². The van der Waals surface area contributed by atoms with Gasteiger partial charge in [0.05, 0.1) is 30.6 Å². The van der Waals surface area contributed by atoms with Gasteiger partial charge in [-0.1, -0.05) is 6.07 Å². The highest BCUT2D eigenvalue weighted by Crippen LogP contribution is 2.34. The lowest BCUT2D eigenvalue weighted by atomic mass is 10.1. The molecule has 144 valence electrons. The normalized spacial score (nSPS) is 16.6. The van der Waals surface area contributed by atoms with Gasteiger partial charge in [0.25, 0.3) is 0 Å². The van der Waals surface area contributed by atoms with E-state index >= 15 is 0 Å². The Bertz CT molecular complexity index is 1070. The summed E-state index contributed by atoms with van der Waals surface area (Å²) in [5, 5.41) is 10.7. The number of aryl methyl sites for hydroxylation is 2. The lowest BCUT2D eigenvalue weighted by Crippen LogP contribution is -2.28. The Morgan fingerprint density at radius 1 is 1.32 bits per heavy atom. The fraction of sp³-hybridized carbons (Fsp3) is 0.300. The number of fused-ring (bicyclic) bond motifs is 1. The van der Waals surface area contributed by atoms with Gasteiger partial charge in [-0.2, -0.15) is 5.10 Å². The molecule has 28 heavy (non-hydrogen) atoms. The molecule has 1 fully saturated rings. The van der Waals surface area contributed by atoms with Crippen molar-refractivity contribution in [2.75, 3.05) is 23.9 Å². The van der Waals surface area contributed by atoms with E-state index in [0.29, 0.717) is 29.3 Å². The first kappa shape index (κ1) is 18.0. The Balaban J connectivity index is 1.52. The molecule has 3 aromatic rings. The van der Waals surface area contributed by atoms with Crippen molar-refractivity contribution in [1.82, 2.24) is 15.2 Å². The van der Waals surface area contributed by atoms with Gasteiger partial charge in [0.15, 0.2) is 5.65 Å². The van der Waals surface area contributed by atoms with Gasteiger partial charge in [-0.25, -0.2) is 4.98 Å². The molecule has 0 aliphatic carbocycles. The highest BCUT2D eigenvalue weighted by Gasteiger charge is 2.36. The van der Waals surface area contributed by atoms with Gasteiger partial charge in [-0.05, 0) is 37.6 Å². The van der Waals surface area contributed by atoms with Crippen LogP contribution in [0.15, 0.2) is 30.5 Å². The third kappa shape index (κ3) is 3.17. The molecule has 1 saturated heterocycles. The molecule has 3 heterocycles. The van der Waals surface area contributed by atoms with Gasteiger partial charge in [0.2, 0.25) is 11.8 Å². The number of H-pyrrole nitrogens is 1. The summed E-state index contributed by atoms with van der Waals surface area (Å²) in [5.74, 6) is -0.128. The number of amides is 2. The molecule has 4 rings (SSSR count). The summed E-state index contributed by atoms with van der Waals surface area (Å²) in [5.41, 5.74) is 3.78. The fourth-order valence-electron chi connectivity index (χ4n) is 3.46. The molecular formula is C20H21N5O3. The molecule has 0 spiro atoms. The maximum Gasteiger partial charge on any atom is 0.229 e. The molecule has 1 atom stereocenters. The molecule has 0 radical (unpaired) electrons. The molecule has 0 saturated carbocycles. The first-order chi connectivity index (χ1) is 13.5. The van der Waals surface area contributed by atoms with Gasteiger partial charge in [-0.3, -0.25) is 14.7 Å². The number of aromatic nitrogens is 3. The third-order valence-corrected chi connectivity index (χ3v) is 4.99. The second-order valence-electron chi connectivity index (χ2n) is 7.01. The Hall–Kier alpha value is -3.42. The standard InChI is InChI=1S/C20H21N5O3/c1-11-4-5-17(28-3)16(6-11)25-10-13(7-18(25)26)20(27)22-14-8-15-12(2)23-24-19(15)21-9-14/h4-6,8-9,13H,7,10H2,1-3H3,(H,22,27)(H,21,23,24). The SMILES string of the molecule is COc1ccc(C)cc1N1CC(C(=O)Nc2cnc3n[nH]c(C)c3c2)CC1=O. The summed E-state index contributed by atoms with van der Waals surface area (Å²) in [6, 6.07) is 7.49. The summed E-state index contributed by atoms with van der Waals surface area (Å²) in [7, 11) is 1.57. The van der Waals surface area contributed by atoms with Gasteiger partial charge in [0, 0.05) is 24.0 Å². The average molecular weight is 379 g/mol. The maximum atomic E-state index is 12.7. The van der Waals surface area contributed by atoms with E-state index in [9.17, 15) is 9.59 Å². The lowest BCUT2D eigenvalue weighted by molar-refractivity contribution is -0.122. The zero-order chi connectivity index (χ0) is 19.8. The van der Waals surface area contributed by atoms with Crippen LogP contribution in [-0.4, -0.2) is 40.7 Å². The van der Waals surface area contributed by atoms with Crippen LogP contribution in [0.3, 0.4) is 0 Å². The number of methoxy groups -OCH3 is 1. The van der Waals surface area contributed by atoms with Gasteiger partial charge in [-0.15, -0.1) is 0 Å². The van der Waals surface area contributed by atoms with Crippen LogP contribution >= 0.6 is 0 Å². The fourth-order valence-corrected chi connectivity index (χ4v) is 3.46. The van der Waals surface area contributed by atoms with Crippen LogP contribution in [0.2, 0.25) is 0 Å². The second-order valence-corrected chi connectivity index (χ2v) is 7.01. The molecule has 0 bridgehead atoms. The van der Waals surface area contributed by atoms with E-state index in [1.807, 2.05) is 38.1 Å². The van der Waals surface area contributed by atoms with E-state index in [4.69, 9.17) is 4.74 Å². The van der Waals surface area contributed by atoms with Gasteiger partial charge in [0.1, 0.15) is 5.75 Å². The average Bonchev–Trinajstić information content (AvgIpc) is 3.25. The zero-order valence-electron chi connectivity index (χ0n) is 15.9. The minimum absolute atomic E-state index is 0.0942. The number of nitrogens with zero attached hydrogens (tertiary/aromatic N) is 3. The number of rotatable bonds is 4. The van der Waals surface area contributed by atoms with Crippen molar-refractivity contribution in [3.63, 3.8) is 0 Å². The smallest absolute Gasteiger partial charge is 0.229 e. The summed E-state index contributed by atoms with van der Waals surface area (Å²) >= 11 is 0. The number of aromatic amines is 1. The maximum absolute atomic E-state index is 12.7. The second kappa shape index (κ2) is 6.95. The Morgan fingerprint density at radius 2 is 2.14 bits per heavy atom. The number of carbonyl (C=O) groups excluding carboxylic acids is 2. The number of benzene rings is 1. The van der Waals surface area contributed by atoms with Crippen LogP contribution < -0.4 is 15.0 Å². The summed E-state index contributed by atoms with van der Waals surface area (Å²) < 4.78 is 5.39. The molecule has 2 aromatic heterocycles. The molecule has 2 N–H and O–H groups in total. The van der Waals surface area contributed by atoms with E-state index in [1.165, 1.54) is 0 Å². The summed E-state index contributed by atoms with van der Waals surface area (Å²) in [6.45, 7) is 4.16. The minimum Gasteiger partial charge on any atom is -0.495 e. The largest absolute Gasteiger partial charge is 0.495 e. The predicted molar refractivity (Wildman–Crippen MR) is 105 cm³/mol. The number of nitrogens with one attached hydrogen (secondary N) is 2. The Kier molecular flexibility index (Phi) is 4.46. The van der Waals surface area contributed by atoms with Crippen molar-refractivity contribution in [3.05, 3.63) is 41.7 Å². The Labute approximate surface area is 161 Å². The monoisotopic (exact) mass is 379 g/mol. The number of hydrogen-bond acceptors (Lipinski definition) is 5. The number of hydrogen-bond donors (Lipinski definition) is 2. The van der Waals surface area contributed by atoms with Crippen LogP contribution in [0.25, 0.3) is 11.0 Å². The molecule has 2 amide bonds. The van der Waals surface area contributed by atoms with E-state index in [2.05, 4.69) is 20.5 Å². The molecule has 1 aliphatic rings. The zero-order valence-corrected chi connectivity index (χ0v) is 15.9. The van der Waals surface area contributed by atoms with E-state index in [0.717, 1.165) is 16.6 Å². The molecule has 8 heteroatoms. The quantitative estimate of drug-likeness (QED) is 0.726. The Morgan fingerprint density at radius 3 is 2.93 bits per heavy atom. The van der Waals surface area contributed by atoms with Gasteiger partial charge >= 0.3 is 0 Å². The number of pyridine rings is 1. The number of carbonyl (C=O) groups is 2. The molecule has 1 aliphatic heterocycles. The van der Waals surface area contributed by atoms with E-state index in [-0.39, 0.29) is 18.2 Å². The van der Waals surface area contributed by atoms with E-state index < -0.39 is 5.92 Å². The first-order valence-electron chi connectivity index (χ1n) is 9.03. The summed E-state index contributed by atoms with van der Waals surface area (Å²) in [6.07, 6.45) is 1.72. The van der Waals surface area contributed by atoms with Crippen LogP contribution in [0.1, 0.15) is 17.7 Å². The first-order valence-corrected chi connectivity index (χ1v) is 9.03. The predicted octanol–water partition coefficient (Wildman–Crippen LogP) is 2.57. The highest BCUT2D eigenvalue weighted by molar-refractivity contribution is 6.04. The third-order valence-electron chi connectivity index (χ3n) is 4.99.